The lowest BCUT2D eigenvalue weighted by Crippen LogP contribution is -1.84. The number of rotatable bonds is 3. The molecule has 0 bridgehead atoms. The number of phenols is 1. The Morgan fingerprint density at radius 3 is 2.70 bits per heavy atom. The summed E-state index contributed by atoms with van der Waals surface area (Å²) in [6.45, 7) is 0. The molecule has 112 valence electrons. The fourth-order valence-corrected chi connectivity index (χ4v) is 2.38. The van der Waals surface area contributed by atoms with Gasteiger partial charge in [-0.05, 0) is 54.1 Å². The Morgan fingerprint density at radius 1 is 1.04 bits per heavy atom. The molecule has 3 heterocycles. The van der Waals surface area contributed by atoms with Crippen molar-refractivity contribution in [1.82, 2.24) is 9.38 Å². The first-order valence-corrected chi connectivity index (χ1v) is 7.15. The van der Waals surface area contributed by atoms with E-state index in [0.29, 0.717) is 17.3 Å². The smallest absolute Gasteiger partial charge is 0.168 e. The lowest BCUT2D eigenvalue weighted by Gasteiger charge is -1.98. The summed E-state index contributed by atoms with van der Waals surface area (Å²) in [6, 6.07) is 16.3. The summed E-state index contributed by atoms with van der Waals surface area (Å²) in [7, 11) is 0. The van der Waals surface area contributed by atoms with E-state index in [1.54, 1.807) is 36.7 Å². The van der Waals surface area contributed by atoms with Gasteiger partial charge in [-0.2, -0.15) is 0 Å². The third kappa shape index (κ3) is 2.48. The number of aliphatic imine (C=N–C) groups is 1. The highest BCUT2D eigenvalue weighted by Gasteiger charge is 2.14. The van der Waals surface area contributed by atoms with Crippen molar-refractivity contribution in [2.75, 3.05) is 0 Å². The van der Waals surface area contributed by atoms with E-state index < -0.39 is 0 Å². The summed E-state index contributed by atoms with van der Waals surface area (Å²) in [6.07, 6.45) is 5.27. The number of phenolic OH excluding ortho intramolecular Hbond substituents is 1. The zero-order valence-electron chi connectivity index (χ0n) is 12.1. The van der Waals surface area contributed by atoms with Crippen molar-refractivity contribution in [3.8, 4) is 17.2 Å². The highest BCUT2D eigenvalue weighted by atomic mass is 16.3. The summed E-state index contributed by atoms with van der Waals surface area (Å²) in [5, 5.41) is 9.35. The first-order valence-electron chi connectivity index (χ1n) is 7.15. The van der Waals surface area contributed by atoms with E-state index >= 15 is 0 Å². The van der Waals surface area contributed by atoms with Crippen LogP contribution in [0.1, 0.15) is 5.56 Å². The van der Waals surface area contributed by atoms with Crippen molar-refractivity contribution in [2.24, 2.45) is 4.99 Å². The normalized spacial score (nSPS) is 11.5. The molecule has 4 aromatic rings. The molecule has 0 aliphatic rings. The summed E-state index contributed by atoms with van der Waals surface area (Å²) in [5.74, 6) is 1.60. The van der Waals surface area contributed by atoms with Crippen molar-refractivity contribution >= 4 is 17.7 Å². The van der Waals surface area contributed by atoms with Crippen LogP contribution < -0.4 is 0 Å². The van der Waals surface area contributed by atoms with Crippen LogP contribution in [0.15, 0.2) is 76.5 Å². The number of benzene rings is 1. The molecular weight excluding hydrogens is 290 g/mol. The van der Waals surface area contributed by atoms with Gasteiger partial charge in [-0.1, -0.05) is 6.07 Å². The summed E-state index contributed by atoms with van der Waals surface area (Å²) in [5.41, 5.74) is 2.38. The minimum Gasteiger partial charge on any atom is -0.508 e. The zero-order chi connectivity index (χ0) is 15.6. The van der Waals surface area contributed by atoms with Crippen molar-refractivity contribution in [1.29, 1.82) is 0 Å². The van der Waals surface area contributed by atoms with Gasteiger partial charge >= 0.3 is 0 Å². The van der Waals surface area contributed by atoms with E-state index in [1.807, 2.05) is 40.9 Å². The molecule has 23 heavy (non-hydrogen) atoms. The van der Waals surface area contributed by atoms with Gasteiger partial charge in [0.05, 0.1) is 6.26 Å². The number of hydrogen-bond acceptors (Lipinski definition) is 4. The number of aromatic nitrogens is 2. The summed E-state index contributed by atoms with van der Waals surface area (Å²) >= 11 is 0. The summed E-state index contributed by atoms with van der Waals surface area (Å²) in [4.78, 5) is 9.18. The maximum Gasteiger partial charge on any atom is 0.168 e. The number of aromatic hydroxyl groups is 1. The minimum absolute atomic E-state index is 0.230. The quantitative estimate of drug-likeness (QED) is 0.581. The van der Waals surface area contributed by atoms with Gasteiger partial charge in [-0.3, -0.25) is 4.40 Å². The molecule has 0 radical (unpaired) electrons. The van der Waals surface area contributed by atoms with E-state index in [4.69, 9.17) is 4.42 Å². The second-order valence-electron chi connectivity index (χ2n) is 5.04. The average molecular weight is 303 g/mol. The fourth-order valence-electron chi connectivity index (χ4n) is 2.38. The molecule has 0 fully saturated rings. The van der Waals surface area contributed by atoms with Gasteiger partial charge in [0.2, 0.25) is 0 Å². The van der Waals surface area contributed by atoms with E-state index in [2.05, 4.69) is 9.98 Å². The van der Waals surface area contributed by atoms with Gasteiger partial charge in [0.25, 0.3) is 0 Å². The molecule has 1 N–H and O–H groups in total. The van der Waals surface area contributed by atoms with E-state index in [-0.39, 0.29) is 5.75 Å². The molecule has 5 heteroatoms. The first-order chi connectivity index (χ1) is 11.3. The molecule has 0 aliphatic heterocycles. The summed E-state index contributed by atoms with van der Waals surface area (Å²) < 4.78 is 7.39. The molecule has 0 saturated carbocycles. The molecule has 0 spiro atoms. The molecule has 4 rings (SSSR count). The standard InChI is InChI=1S/C18H13N3O2/c22-14-8-6-13(7-9-14)12-19-18-17(15-4-3-11-23-15)20-16-5-1-2-10-21(16)18/h1-12,22H/b19-12+. The number of hydrogen-bond donors (Lipinski definition) is 1. The van der Waals surface area contributed by atoms with Gasteiger partial charge in [0.15, 0.2) is 17.3 Å². The van der Waals surface area contributed by atoms with E-state index in [1.165, 1.54) is 0 Å². The molecule has 1 aromatic carbocycles. The predicted molar refractivity (Wildman–Crippen MR) is 88.3 cm³/mol. The number of fused-ring (bicyclic) bond motifs is 1. The fraction of sp³-hybridized carbons (Fsp3) is 0. The molecule has 0 unspecified atom stereocenters. The molecule has 0 saturated heterocycles. The van der Waals surface area contributed by atoms with Crippen molar-refractivity contribution in [3.63, 3.8) is 0 Å². The number of pyridine rings is 1. The monoisotopic (exact) mass is 303 g/mol. The molecule has 0 aliphatic carbocycles. The maximum atomic E-state index is 9.35. The molecule has 5 nitrogen and oxygen atoms in total. The Morgan fingerprint density at radius 2 is 1.91 bits per heavy atom. The zero-order valence-corrected chi connectivity index (χ0v) is 12.1. The average Bonchev–Trinajstić information content (AvgIpc) is 3.22. The largest absolute Gasteiger partial charge is 0.508 e. The second-order valence-corrected chi connectivity index (χ2v) is 5.04. The molecule has 3 aromatic heterocycles. The van der Waals surface area contributed by atoms with Crippen LogP contribution in [0.4, 0.5) is 5.82 Å². The Balaban J connectivity index is 1.84. The van der Waals surface area contributed by atoms with Crippen LogP contribution in [-0.2, 0) is 0 Å². The lowest BCUT2D eigenvalue weighted by molar-refractivity contribution is 0.475. The van der Waals surface area contributed by atoms with Crippen molar-refractivity contribution in [2.45, 2.75) is 0 Å². The van der Waals surface area contributed by atoms with Gasteiger partial charge in [-0.15, -0.1) is 0 Å². The van der Waals surface area contributed by atoms with E-state index in [9.17, 15) is 5.11 Å². The third-order valence-electron chi connectivity index (χ3n) is 3.49. The number of imidazole rings is 1. The Hall–Kier alpha value is -3.34. The Labute approximate surface area is 132 Å². The van der Waals surface area contributed by atoms with Gasteiger partial charge in [-0.25, -0.2) is 9.98 Å². The SMILES string of the molecule is Oc1ccc(/C=N/c2c(-c3ccco3)nc3ccccn23)cc1. The van der Waals surface area contributed by atoms with Crippen molar-refractivity contribution in [3.05, 3.63) is 72.6 Å². The van der Waals surface area contributed by atoms with Gasteiger partial charge in [0.1, 0.15) is 11.4 Å². The third-order valence-corrected chi connectivity index (χ3v) is 3.49. The van der Waals surface area contributed by atoms with E-state index in [0.717, 1.165) is 11.2 Å². The number of nitrogens with zero attached hydrogens (tertiary/aromatic N) is 3. The van der Waals surface area contributed by atoms with Gasteiger partial charge < -0.3 is 9.52 Å². The predicted octanol–water partition coefficient (Wildman–Crippen LogP) is 4.05. The van der Waals surface area contributed by atoms with Crippen LogP contribution >= 0.6 is 0 Å². The number of furan rings is 1. The topological polar surface area (TPSA) is 63.0 Å². The maximum absolute atomic E-state index is 9.35. The highest BCUT2D eigenvalue weighted by molar-refractivity contribution is 5.84. The molecule has 0 amide bonds. The van der Waals surface area contributed by atoms with Crippen LogP contribution in [0.5, 0.6) is 5.75 Å². The van der Waals surface area contributed by atoms with Crippen LogP contribution in [0.25, 0.3) is 17.1 Å². The molecule has 0 atom stereocenters. The Kier molecular flexibility index (Phi) is 3.16. The second kappa shape index (κ2) is 5.46. The highest BCUT2D eigenvalue weighted by Crippen LogP contribution is 2.31. The van der Waals surface area contributed by atoms with Crippen molar-refractivity contribution < 1.29 is 9.52 Å². The molecular formula is C18H13N3O2. The Bertz CT molecular complexity index is 967. The van der Waals surface area contributed by atoms with Gasteiger partial charge in [0, 0.05) is 12.4 Å². The van der Waals surface area contributed by atoms with Crippen LogP contribution in [0.3, 0.4) is 0 Å². The minimum atomic E-state index is 0.230. The lowest BCUT2D eigenvalue weighted by atomic mass is 10.2. The van der Waals surface area contributed by atoms with Crippen LogP contribution in [0.2, 0.25) is 0 Å². The first kappa shape index (κ1) is 13.3. The van der Waals surface area contributed by atoms with Crippen LogP contribution in [-0.4, -0.2) is 20.7 Å². The van der Waals surface area contributed by atoms with Crippen LogP contribution in [0, 0.1) is 0 Å².